The van der Waals surface area contributed by atoms with Crippen LogP contribution in [0.5, 0.6) is 34.9 Å². The maximum absolute atomic E-state index is 14.0. The first kappa shape index (κ1) is 84.6. The number of hydrogen-bond donors (Lipinski definition) is 8. The second-order valence-electron chi connectivity index (χ2n) is 30.2. The first-order valence-electron chi connectivity index (χ1n) is 37.1. The number of aliphatic hydroxyl groups is 6. The van der Waals surface area contributed by atoms with Gasteiger partial charge < -0.3 is 79.3 Å². The van der Waals surface area contributed by atoms with Crippen molar-refractivity contribution in [3.63, 3.8) is 0 Å². The zero-order chi connectivity index (χ0) is 84.2. The van der Waals surface area contributed by atoms with Gasteiger partial charge in [0.15, 0.2) is 33.6 Å². The number of carboxylic acid groups (broad SMARTS) is 1. The van der Waals surface area contributed by atoms with Crippen molar-refractivity contribution in [2.75, 3.05) is 60.6 Å². The van der Waals surface area contributed by atoms with E-state index in [9.17, 15) is 76.5 Å². The quantitative estimate of drug-likeness (QED) is 0.0349. The predicted octanol–water partition coefficient (Wildman–Crippen LogP) is 13.3. The van der Waals surface area contributed by atoms with E-state index in [1.54, 1.807) is 152 Å². The van der Waals surface area contributed by atoms with Gasteiger partial charge in [0.1, 0.15) is 51.0 Å². The number of likely N-dealkylation sites (tertiary alicyclic amines) is 2. The Hall–Kier alpha value is -8.41. The Morgan fingerprint density at radius 2 is 0.703 bits per heavy atom. The van der Waals surface area contributed by atoms with Crippen molar-refractivity contribution in [2.24, 2.45) is 35.5 Å². The first-order valence-corrected chi connectivity index (χ1v) is 40.7. The Labute approximate surface area is 711 Å². The van der Waals surface area contributed by atoms with E-state index >= 15 is 0 Å². The minimum absolute atomic E-state index is 0.0455. The van der Waals surface area contributed by atoms with Crippen LogP contribution >= 0.6 is 82.6 Å². The molecule has 0 bridgehead atoms. The molecule has 620 valence electrons. The number of carbonyl (C=O) groups is 3. The van der Waals surface area contributed by atoms with E-state index < -0.39 is 136 Å². The van der Waals surface area contributed by atoms with Crippen molar-refractivity contribution in [3.05, 3.63) is 261 Å². The standard InChI is InChI=1S/2C28H24BrClF2N2O5.C24H19BrClNO6.C4H7F2N/c2*1-38-25-22-18(11-19(30)33-25)39-28(16-7-9-17(29)10-8-16)21(14-5-3-2-4-6-14)20(23(35)27(22,28)37)26(36)34-12-15(13-34)24(31)32;1-32-21-19-15(11-16(26)27-21)33-24(13-7-9-14(25)10-8-13)18(12-5-3-2-4-6-12)17(22(29)30)20(28)23(19,24)31;5-4(6)3-1-7-2-3/h2*2-11,15,20-21,23-24,35,37H,12-13H2,1H3;2-11,17-18,20,28,31H,1H3,(H,29,30);3-4,7H,1-2H2/t2*20-,21-,23-,27+,28+;17-,18-,20-,23+,24+;/m111./s1. The number of rotatable bonds is 15. The molecule has 9 heterocycles. The Balaban J connectivity index is 0.000000133. The molecule has 0 unspecified atom stereocenters. The molecule has 0 spiro atoms. The number of halogens is 12. The number of ether oxygens (including phenoxy) is 6. The summed E-state index contributed by atoms with van der Waals surface area (Å²) < 4.78 is 114. The van der Waals surface area contributed by atoms with Gasteiger partial charge in [-0.3, -0.25) is 14.4 Å². The van der Waals surface area contributed by atoms with Gasteiger partial charge in [0.25, 0.3) is 0 Å². The van der Waals surface area contributed by atoms with Crippen LogP contribution < -0.4 is 33.7 Å². The van der Waals surface area contributed by atoms with Crippen LogP contribution in [0.2, 0.25) is 15.5 Å². The zero-order valence-corrected chi connectivity index (χ0v) is 69.3. The van der Waals surface area contributed by atoms with Crippen molar-refractivity contribution in [2.45, 2.75) is 88.9 Å². The van der Waals surface area contributed by atoms with Gasteiger partial charge in [-0.25, -0.2) is 41.3 Å². The minimum Gasteiger partial charge on any atom is -0.481 e. The van der Waals surface area contributed by atoms with E-state index in [2.05, 4.69) is 68.1 Å². The van der Waals surface area contributed by atoms with E-state index in [1.165, 1.54) is 49.3 Å². The van der Waals surface area contributed by atoms with E-state index in [4.69, 9.17) is 63.2 Å². The first-order chi connectivity index (χ1) is 56.3. The number of carboxylic acids is 1. The van der Waals surface area contributed by atoms with E-state index in [-0.39, 0.29) is 99.1 Å². The molecule has 6 aliphatic heterocycles. The number of hydrogen-bond acceptors (Lipinski definition) is 19. The number of carbonyl (C=O) groups excluding carboxylic acids is 2. The van der Waals surface area contributed by atoms with Gasteiger partial charge in [-0.05, 0) is 69.8 Å². The molecule has 3 aromatic heterocycles. The second kappa shape index (κ2) is 32.5. The molecule has 15 atom stereocenters. The number of amides is 2. The van der Waals surface area contributed by atoms with Crippen LogP contribution in [0, 0.1) is 35.5 Å². The number of aliphatic carboxylic acids is 1. The average Bonchev–Trinajstić information content (AvgIpc) is 1.50. The maximum Gasteiger partial charge on any atom is 0.310 e. The summed E-state index contributed by atoms with van der Waals surface area (Å²) in [5.74, 6) is -11.0. The van der Waals surface area contributed by atoms with E-state index in [0.717, 1.165) is 13.4 Å². The molecule has 2 amide bonds. The number of alkyl halides is 6. The van der Waals surface area contributed by atoms with Crippen molar-refractivity contribution in [1.29, 1.82) is 0 Å². The third kappa shape index (κ3) is 13.3. The zero-order valence-electron chi connectivity index (χ0n) is 62.3. The van der Waals surface area contributed by atoms with Gasteiger partial charge in [0, 0.05) is 94.6 Å². The molecule has 118 heavy (non-hydrogen) atoms. The molecule has 3 saturated carbocycles. The summed E-state index contributed by atoms with van der Waals surface area (Å²) in [5.41, 5.74) is -8.36. The fraction of sp³-hybridized carbons (Fsp3) is 0.357. The summed E-state index contributed by atoms with van der Waals surface area (Å²) in [6.07, 6.45) is -12.4. The van der Waals surface area contributed by atoms with Gasteiger partial charge in [-0.15, -0.1) is 0 Å². The lowest BCUT2D eigenvalue weighted by Crippen LogP contribution is -2.56. The van der Waals surface area contributed by atoms with Gasteiger partial charge in [0.2, 0.25) is 48.7 Å². The summed E-state index contributed by atoms with van der Waals surface area (Å²) in [5, 5.41) is 86.6. The molecule has 9 aliphatic rings. The monoisotopic (exact) mass is 1880 g/mol. The van der Waals surface area contributed by atoms with Gasteiger partial charge in [0.05, 0.1) is 67.6 Å². The number of methoxy groups -OCH3 is 3. The van der Waals surface area contributed by atoms with Crippen molar-refractivity contribution >= 4 is 100 Å². The average molecular weight is 1880 g/mol. The SMILES string of the molecule is COc1nc(Cl)cc2c1[C@]1(O)[C@H](O)[C@H](C(=O)N3CC(C(F)F)C3)[C@@H](c3ccccc3)[C@]1(c1ccc(Br)cc1)O2.COc1nc(Cl)cc2c1[C@]1(O)[C@H](O)[C@H](C(=O)N3CC(C(F)F)C3)[C@@H](c3ccccc3)[C@]1(c1ccc(Br)cc1)O2.COc1nc(Cl)cc2c1[C@]1(O)[C@H](O)[C@H](C(=O)O)[C@@H](c3ccccc3)[C@]1(c1ccc(Br)cc1)O2.FC(F)C1CNC1. The fourth-order valence-corrected chi connectivity index (χ4v) is 20.1. The van der Waals surface area contributed by atoms with E-state index in [0.29, 0.717) is 46.5 Å². The molecule has 18 rings (SSSR count). The van der Waals surface area contributed by atoms with Gasteiger partial charge in [-0.2, -0.15) is 0 Å². The number of aromatic nitrogens is 3. The Kier molecular flexibility index (Phi) is 23.3. The Bertz CT molecular complexity index is 5060. The largest absolute Gasteiger partial charge is 0.481 e. The van der Waals surface area contributed by atoms with Crippen molar-refractivity contribution in [3.8, 4) is 34.9 Å². The molecule has 9 aromatic rings. The molecular formula is C84H74Br3Cl3F6N6O16. The third-order valence-corrected chi connectivity index (χ3v) is 26.3. The second-order valence-corrected chi connectivity index (χ2v) is 34.1. The summed E-state index contributed by atoms with van der Waals surface area (Å²) in [7, 11) is 4.06. The number of fused-ring (bicyclic) bond motifs is 9. The molecule has 0 radical (unpaired) electrons. The Morgan fingerprint density at radius 1 is 0.441 bits per heavy atom. The number of nitrogens with zero attached hydrogens (tertiary/aromatic N) is 5. The molecule has 6 fully saturated rings. The Morgan fingerprint density at radius 3 is 0.932 bits per heavy atom. The van der Waals surface area contributed by atoms with Crippen LogP contribution in [0.3, 0.4) is 0 Å². The molecular weight excluding hydrogens is 1810 g/mol. The van der Waals surface area contributed by atoms with Crippen LogP contribution in [0.15, 0.2) is 195 Å². The lowest BCUT2D eigenvalue weighted by atomic mass is 9.70. The van der Waals surface area contributed by atoms with E-state index in [1.807, 2.05) is 12.1 Å². The van der Waals surface area contributed by atoms with Crippen LogP contribution in [-0.4, -0.2) is 176 Å². The highest BCUT2D eigenvalue weighted by Gasteiger charge is 2.82. The summed E-state index contributed by atoms with van der Waals surface area (Å²) >= 11 is 29.0. The predicted molar refractivity (Wildman–Crippen MR) is 427 cm³/mol. The number of nitrogens with one attached hydrogen (secondary N) is 1. The summed E-state index contributed by atoms with van der Waals surface area (Å²) in [6.45, 7) is 0.451. The number of benzene rings is 6. The highest BCUT2D eigenvalue weighted by Crippen LogP contribution is 2.74. The van der Waals surface area contributed by atoms with Crippen LogP contribution in [-0.2, 0) is 48.0 Å². The lowest BCUT2D eigenvalue weighted by Gasteiger charge is -2.42. The normalized spacial score (nSPS) is 29.2. The minimum atomic E-state index is -2.56. The molecule has 22 nitrogen and oxygen atoms in total. The maximum atomic E-state index is 14.0. The molecule has 34 heteroatoms. The van der Waals surface area contributed by atoms with Gasteiger partial charge >= 0.3 is 5.97 Å². The van der Waals surface area contributed by atoms with Crippen LogP contribution in [0.1, 0.15) is 67.8 Å². The molecule has 3 saturated heterocycles. The topological polar surface area (TPSA) is 305 Å². The highest BCUT2D eigenvalue weighted by molar-refractivity contribution is 9.11. The lowest BCUT2D eigenvalue weighted by molar-refractivity contribution is -0.161. The summed E-state index contributed by atoms with van der Waals surface area (Å²) in [4.78, 5) is 55.7. The molecule has 8 N–H and O–H groups in total. The molecule has 6 aromatic carbocycles. The van der Waals surface area contributed by atoms with Crippen molar-refractivity contribution < 1.29 is 105 Å². The molecule has 3 aliphatic carbocycles. The van der Waals surface area contributed by atoms with Crippen molar-refractivity contribution in [1.82, 2.24) is 30.1 Å². The smallest absolute Gasteiger partial charge is 0.310 e. The highest BCUT2D eigenvalue weighted by atomic mass is 79.9. The number of pyridine rings is 3. The number of aliphatic hydroxyl groups excluding tert-OH is 3. The summed E-state index contributed by atoms with van der Waals surface area (Å²) in [6, 6.07) is 52.1. The van der Waals surface area contributed by atoms with Gasteiger partial charge in [-0.1, -0.05) is 210 Å². The third-order valence-electron chi connectivity index (χ3n) is 24.2. The van der Waals surface area contributed by atoms with Crippen LogP contribution in [0.25, 0.3) is 0 Å². The van der Waals surface area contributed by atoms with Crippen LogP contribution in [0.4, 0.5) is 26.3 Å². The fourth-order valence-electron chi connectivity index (χ4n) is 18.8.